The Hall–Kier alpha value is -2.65. The van der Waals surface area contributed by atoms with E-state index in [2.05, 4.69) is 0 Å². The third-order valence-corrected chi connectivity index (χ3v) is 2.97. The van der Waals surface area contributed by atoms with E-state index in [1.54, 1.807) is 26.1 Å². The molecule has 0 aliphatic carbocycles. The van der Waals surface area contributed by atoms with Gasteiger partial charge in [0.15, 0.2) is 18.1 Å². The average Bonchev–Trinajstić information content (AvgIpc) is 2.60. The number of carbonyl (C=O) groups is 2. The van der Waals surface area contributed by atoms with Gasteiger partial charge in [-0.3, -0.25) is 4.79 Å². The van der Waals surface area contributed by atoms with E-state index in [1.807, 2.05) is 0 Å². The van der Waals surface area contributed by atoms with Gasteiger partial charge in [-0.2, -0.15) is 13.2 Å². The van der Waals surface area contributed by atoms with Gasteiger partial charge in [0.1, 0.15) is 6.54 Å². The summed E-state index contributed by atoms with van der Waals surface area (Å²) in [5.74, 6) is -1.16. The van der Waals surface area contributed by atoms with Crippen molar-refractivity contribution < 1.29 is 41.7 Å². The van der Waals surface area contributed by atoms with Crippen LogP contribution in [0.4, 0.5) is 13.2 Å². The Morgan fingerprint density at radius 2 is 1.48 bits per heavy atom. The number of amides is 1. The quantitative estimate of drug-likeness (QED) is 0.616. The minimum atomic E-state index is -4.55. The second-order valence-electron chi connectivity index (χ2n) is 5.07. The van der Waals surface area contributed by atoms with Gasteiger partial charge in [-0.15, -0.1) is 0 Å². The highest BCUT2D eigenvalue weighted by atomic mass is 19.4. The highest BCUT2D eigenvalue weighted by molar-refractivity contribution is 5.92. The summed E-state index contributed by atoms with van der Waals surface area (Å²) < 4.78 is 57.3. The SMILES string of the molecule is CCOc1cc(C(=O)OCC(=O)NCC(F)(F)F)cc(OCC)c1OCC. The summed E-state index contributed by atoms with van der Waals surface area (Å²) in [6.07, 6.45) is -4.55. The van der Waals surface area contributed by atoms with Crippen molar-refractivity contribution in [3.63, 3.8) is 0 Å². The third-order valence-electron chi connectivity index (χ3n) is 2.97. The Balaban J connectivity index is 2.90. The number of rotatable bonds is 10. The summed E-state index contributed by atoms with van der Waals surface area (Å²) in [6.45, 7) is 3.83. The number of hydrogen-bond acceptors (Lipinski definition) is 6. The molecule has 0 spiro atoms. The van der Waals surface area contributed by atoms with Crippen molar-refractivity contribution in [2.75, 3.05) is 33.0 Å². The van der Waals surface area contributed by atoms with Crippen molar-refractivity contribution >= 4 is 11.9 Å². The summed E-state index contributed by atoms with van der Waals surface area (Å²) in [6, 6.07) is 2.71. The van der Waals surface area contributed by atoms with Crippen LogP contribution in [0.25, 0.3) is 0 Å². The fourth-order valence-electron chi connectivity index (χ4n) is 1.97. The van der Waals surface area contributed by atoms with Crippen LogP contribution in [0, 0.1) is 0 Å². The highest BCUT2D eigenvalue weighted by Gasteiger charge is 2.28. The van der Waals surface area contributed by atoms with E-state index in [1.165, 1.54) is 12.1 Å². The summed E-state index contributed by atoms with van der Waals surface area (Å²) in [5.41, 5.74) is 0.00831. The van der Waals surface area contributed by atoms with Gasteiger partial charge in [0.05, 0.1) is 25.4 Å². The van der Waals surface area contributed by atoms with Gasteiger partial charge in [-0.25, -0.2) is 4.79 Å². The fraction of sp³-hybridized carbons (Fsp3) is 0.529. The fourth-order valence-corrected chi connectivity index (χ4v) is 1.97. The number of esters is 1. The molecule has 0 aromatic heterocycles. The molecule has 0 atom stereocenters. The standard InChI is InChI=1S/C17H22F3NO6/c1-4-24-12-7-11(8-13(25-5-2)15(12)26-6-3)16(23)27-9-14(22)21-10-17(18,19)20/h7-8H,4-6,9-10H2,1-3H3,(H,21,22). The van der Waals surface area contributed by atoms with Crippen molar-refractivity contribution in [3.05, 3.63) is 17.7 Å². The number of carbonyl (C=O) groups excluding carboxylic acids is 2. The average molecular weight is 393 g/mol. The molecule has 1 rings (SSSR count). The lowest BCUT2D eigenvalue weighted by molar-refractivity contribution is -0.140. The van der Waals surface area contributed by atoms with E-state index >= 15 is 0 Å². The molecule has 0 heterocycles. The minimum absolute atomic E-state index is 0.00831. The van der Waals surface area contributed by atoms with Crippen molar-refractivity contribution in [1.82, 2.24) is 5.32 Å². The maximum absolute atomic E-state index is 12.2. The van der Waals surface area contributed by atoms with Gasteiger partial charge in [0.2, 0.25) is 5.75 Å². The molecule has 152 valence electrons. The van der Waals surface area contributed by atoms with Crippen LogP contribution in [0.1, 0.15) is 31.1 Å². The van der Waals surface area contributed by atoms with Gasteiger partial charge in [0.25, 0.3) is 5.91 Å². The van der Waals surface area contributed by atoms with E-state index < -0.39 is 31.2 Å². The van der Waals surface area contributed by atoms with Crippen LogP contribution in [-0.2, 0) is 9.53 Å². The predicted octanol–water partition coefficient (Wildman–Crippen LogP) is 2.72. The number of hydrogen-bond donors (Lipinski definition) is 1. The molecule has 0 unspecified atom stereocenters. The van der Waals surface area contributed by atoms with Crippen LogP contribution in [0.5, 0.6) is 17.2 Å². The summed E-state index contributed by atoms with van der Waals surface area (Å²) in [7, 11) is 0. The molecular formula is C17H22F3NO6. The molecule has 0 saturated heterocycles. The maximum Gasteiger partial charge on any atom is 0.405 e. The lowest BCUT2D eigenvalue weighted by atomic mass is 10.2. The lowest BCUT2D eigenvalue weighted by Gasteiger charge is -2.16. The normalized spacial score (nSPS) is 10.9. The molecule has 1 amide bonds. The van der Waals surface area contributed by atoms with E-state index in [-0.39, 0.29) is 17.1 Å². The minimum Gasteiger partial charge on any atom is -0.490 e. The molecule has 1 aromatic carbocycles. The lowest BCUT2D eigenvalue weighted by Crippen LogP contribution is -2.36. The Morgan fingerprint density at radius 1 is 0.963 bits per heavy atom. The molecule has 0 aliphatic heterocycles. The van der Waals surface area contributed by atoms with Crippen molar-refractivity contribution in [2.45, 2.75) is 26.9 Å². The van der Waals surface area contributed by atoms with Crippen LogP contribution < -0.4 is 19.5 Å². The Kier molecular flexibility index (Phi) is 8.70. The highest BCUT2D eigenvalue weighted by Crippen LogP contribution is 2.39. The Labute approximate surface area is 154 Å². The van der Waals surface area contributed by atoms with Crippen molar-refractivity contribution in [3.8, 4) is 17.2 Å². The molecule has 0 radical (unpaired) electrons. The smallest absolute Gasteiger partial charge is 0.405 e. The van der Waals surface area contributed by atoms with Crippen molar-refractivity contribution in [2.24, 2.45) is 0 Å². The molecule has 0 bridgehead atoms. The molecule has 7 nitrogen and oxygen atoms in total. The van der Waals surface area contributed by atoms with Gasteiger partial charge in [-0.05, 0) is 32.9 Å². The first kappa shape index (κ1) is 22.4. The molecule has 0 saturated carbocycles. The number of alkyl halides is 3. The van der Waals surface area contributed by atoms with Crippen LogP contribution in [0.15, 0.2) is 12.1 Å². The van der Waals surface area contributed by atoms with E-state index in [0.717, 1.165) is 0 Å². The molecule has 27 heavy (non-hydrogen) atoms. The number of benzene rings is 1. The first-order chi connectivity index (χ1) is 12.7. The summed E-state index contributed by atoms with van der Waals surface area (Å²) >= 11 is 0. The molecule has 10 heteroatoms. The number of ether oxygens (including phenoxy) is 4. The van der Waals surface area contributed by atoms with Crippen LogP contribution in [-0.4, -0.2) is 51.0 Å². The van der Waals surface area contributed by atoms with Gasteiger partial charge in [-0.1, -0.05) is 0 Å². The van der Waals surface area contributed by atoms with E-state index in [0.29, 0.717) is 25.6 Å². The van der Waals surface area contributed by atoms with Crippen LogP contribution in [0.3, 0.4) is 0 Å². The molecule has 0 aliphatic rings. The zero-order valence-electron chi connectivity index (χ0n) is 15.3. The van der Waals surface area contributed by atoms with Crippen LogP contribution >= 0.6 is 0 Å². The zero-order valence-corrected chi connectivity index (χ0v) is 15.3. The number of nitrogens with one attached hydrogen (secondary N) is 1. The monoisotopic (exact) mass is 393 g/mol. The molecule has 0 fully saturated rings. The predicted molar refractivity (Wildman–Crippen MR) is 89.3 cm³/mol. The number of halogens is 3. The van der Waals surface area contributed by atoms with Crippen molar-refractivity contribution in [1.29, 1.82) is 0 Å². The van der Waals surface area contributed by atoms with Gasteiger partial charge in [0, 0.05) is 0 Å². The second-order valence-corrected chi connectivity index (χ2v) is 5.07. The third kappa shape index (κ3) is 7.63. The van der Waals surface area contributed by atoms with Gasteiger partial charge >= 0.3 is 12.1 Å². The zero-order chi connectivity index (χ0) is 20.4. The first-order valence-corrected chi connectivity index (χ1v) is 8.28. The maximum atomic E-state index is 12.2. The largest absolute Gasteiger partial charge is 0.490 e. The Morgan fingerprint density at radius 3 is 1.93 bits per heavy atom. The molecule has 1 N–H and O–H groups in total. The first-order valence-electron chi connectivity index (χ1n) is 8.28. The summed E-state index contributed by atoms with van der Waals surface area (Å²) in [4.78, 5) is 23.5. The van der Waals surface area contributed by atoms with Gasteiger partial charge < -0.3 is 24.3 Å². The molecular weight excluding hydrogens is 371 g/mol. The second kappa shape index (κ2) is 10.5. The summed E-state index contributed by atoms with van der Waals surface area (Å²) in [5, 5.41) is 1.61. The van der Waals surface area contributed by atoms with Crippen LogP contribution in [0.2, 0.25) is 0 Å². The van der Waals surface area contributed by atoms with E-state index in [9.17, 15) is 22.8 Å². The Bertz CT molecular complexity index is 621. The molecule has 1 aromatic rings. The topological polar surface area (TPSA) is 83.1 Å². The van der Waals surface area contributed by atoms with E-state index in [4.69, 9.17) is 18.9 Å².